The van der Waals surface area contributed by atoms with Crippen molar-refractivity contribution in [1.82, 2.24) is 24.6 Å². The number of rotatable bonds is 8. The average molecular weight is 462 g/mol. The Kier molecular flexibility index (Phi) is 7.14. The summed E-state index contributed by atoms with van der Waals surface area (Å²) in [6, 6.07) is 18.1. The summed E-state index contributed by atoms with van der Waals surface area (Å²) in [5.41, 5.74) is 3.62. The number of thioether (sulfide) groups is 1. The fourth-order valence-corrected chi connectivity index (χ4v) is 4.37. The molecule has 0 aliphatic rings. The minimum Gasteiger partial charge on any atom is -0.338 e. The van der Waals surface area contributed by atoms with Crippen LogP contribution in [0.2, 0.25) is 0 Å². The Hall–Kier alpha value is -3.52. The second-order valence-corrected chi connectivity index (χ2v) is 8.44. The first-order valence-corrected chi connectivity index (χ1v) is 11.6. The molecule has 2 heterocycles. The van der Waals surface area contributed by atoms with Gasteiger partial charge in [-0.2, -0.15) is 0 Å². The minimum atomic E-state index is -0.306. The topological polar surface area (TPSA) is 63.9 Å². The van der Waals surface area contributed by atoms with Crippen LogP contribution in [0.1, 0.15) is 18.1 Å². The maximum atomic E-state index is 13.5. The lowest BCUT2D eigenvalue weighted by molar-refractivity contribution is -0.128. The molecule has 8 heteroatoms. The molecule has 2 aromatic carbocycles. The monoisotopic (exact) mass is 461 g/mol. The number of hydrogen-bond acceptors (Lipinski definition) is 5. The highest BCUT2D eigenvalue weighted by atomic mass is 32.2. The molecule has 33 heavy (non-hydrogen) atoms. The van der Waals surface area contributed by atoms with E-state index in [0.717, 1.165) is 22.4 Å². The summed E-state index contributed by atoms with van der Waals surface area (Å²) in [4.78, 5) is 18.9. The van der Waals surface area contributed by atoms with E-state index in [-0.39, 0.29) is 17.5 Å². The second-order valence-electron chi connectivity index (χ2n) is 7.50. The van der Waals surface area contributed by atoms with Gasteiger partial charge in [-0.3, -0.25) is 14.3 Å². The van der Waals surface area contributed by atoms with Crippen molar-refractivity contribution < 1.29 is 9.18 Å². The number of pyridine rings is 1. The SMILES string of the molecule is CCN(Cc1cccc(F)c1)C(=O)CSc1nnc(-c2cccnc2)n1-c1ccccc1C. The van der Waals surface area contributed by atoms with E-state index in [2.05, 4.69) is 15.2 Å². The van der Waals surface area contributed by atoms with Crippen LogP contribution in [0.15, 0.2) is 78.2 Å². The number of hydrogen-bond donors (Lipinski definition) is 0. The van der Waals surface area contributed by atoms with E-state index in [0.29, 0.717) is 24.1 Å². The number of carbonyl (C=O) groups is 1. The van der Waals surface area contributed by atoms with Crippen LogP contribution in [0.3, 0.4) is 0 Å². The highest BCUT2D eigenvalue weighted by molar-refractivity contribution is 7.99. The molecule has 0 atom stereocenters. The maximum absolute atomic E-state index is 13.5. The smallest absolute Gasteiger partial charge is 0.233 e. The Morgan fingerprint density at radius 1 is 1.09 bits per heavy atom. The van der Waals surface area contributed by atoms with Crippen LogP contribution in [-0.4, -0.2) is 42.9 Å². The van der Waals surface area contributed by atoms with Crippen LogP contribution in [0.25, 0.3) is 17.1 Å². The number of aromatic nitrogens is 4. The molecular weight excluding hydrogens is 437 g/mol. The summed E-state index contributed by atoms with van der Waals surface area (Å²) in [5.74, 6) is 0.508. The number of nitrogens with zero attached hydrogens (tertiary/aromatic N) is 5. The Balaban J connectivity index is 1.58. The largest absolute Gasteiger partial charge is 0.338 e. The van der Waals surface area contributed by atoms with Crippen LogP contribution in [0.4, 0.5) is 4.39 Å². The van der Waals surface area contributed by atoms with E-state index in [1.54, 1.807) is 23.4 Å². The molecule has 0 N–H and O–H groups in total. The highest BCUT2D eigenvalue weighted by Crippen LogP contribution is 2.29. The summed E-state index contributed by atoms with van der Waals surface area (Å²) in [6.45, 7) is 4.83. The van der Waals surface area contributed by atoms with E-state index in [1.807, 2.05) is 60.9 Å². The summed E-state index contributed by atoms with van der Waals surface area (Å²) in [7, 11) is 0. The van der Waals surface area contributed by atoms with Crippen molar-refractivity contribution >= 4 is 17.7 Å². The number of carbonyl (C=O) groups excluding carboxylic acids is 1. The van der Waals surface area contributed by atoms with Crippen LogP contribution < -0.4 is 0 Å². The molecule has 4 aromatic rings. The predicted octanol–water partition coefficient (Wildman–Crippen LogP) is 4.92. The lowest BCUT2D eigenvalue weighted by atomic mass is 10.2. The predicted molar refractivity (Wildman–Crippen MR) is 128 cm³/mol. The standard InChI is InChI=1S/C25H24FN5OS/c1-3-30(16-19-9-6-11-21(26)14-19)23(32)17-33-25-29-28-24(20-10-7-13-27-15-20)31(25)22-12-5-4-8-18(22)2/h4-15H,3,16-17H2,1-2H3. The van der Waals surface area contributed by atoms with Gasteiger partial charge in [0.15, 0.2) is 11.0 Å². The Morgan fingerprint density at radius 3 is 2.67 bits per heavy atom. The van der Waals surface area contributed by atoms with Crippen LogP contribution in [0.5, 0.6) is 0 Å². The molecule has 2 aromatic heterocycles. The summed E-state index contributed by atoms with van der Waals surface area (Å²) < 4.78 is 15.5. The lowest BCUT2D eigenvalue weighted by Crippen LogP contribution is -2.31. The third-order valence-electron chi connectivity index (χ3n) is 5.23. The maximum Gasteiger partial charge on any atom is 0.233 e. The normalized spacial score (nSPS) is 10.9. The van der Waals surface area contributed by atoms with E-state index in [4.69, 9.17) is 0 Å². The van der Waals surface area contributed by atoms with Gasteiger partial charge in [0.1, 0.15) is 5.82 Å². The van der Waals surface area contributed by atoms with Crippen LogP contribution >= 0.6 is 11.8 Å². The molecule has 0 bridgehead atoms. The van der Waals surface area contributed by atoms with Gasteiger partial charge in [-0.25, -0.2) is 4.39 Å². The second kappa shape index (κ2) is 10.4. The molecule has 0 saturated carbocycles. The summed E-state index contributed by atoms with van der Waals surface area (Å²) in [6.07, 6.45) is 3.46. The molecule has 6 nitrogen and oxygen atoms in total. The van der Waals surface area contributed by atoms with E-state index < -0.39 is 0 Å². The van der Waals surface area contributed by atoms with Gasteiger partial charge < -0.3 is 4.90 Å². The first-order valence-electron chi connectivity index (χ1n) is 10.6. The molecule has 168 valence electrons. The fourth-order valence-electron chi connectivity index (χ4n) is 3.53. The number of benzene rings is 2. The van der Waals surface area contributed by atoms with Crippen molar-refractivity contribution in [3.05, 3.63) is 90.0 Å². The van der Waals surface area contributed by atoms with Crippen molar-refractivity contribution in [1.29, 1.82) is 0 Å². The van der Waals surface area contributed by atoms with Gasteiger partial charge in [-0.05, 0) is 55.3 Å². The van der Waals surface area contributed by atoms with E-state index in [9.17, 15) is 9.18 Å². The molecule has 0 spiro atoms. The lowest BCUT2D eigenvalue weighted by Gasteiger charge is -2.21. The van der Waals surface area contributed by atoms with Gasteiger partial charge in [0, 0.05) is 31.0 Å². The minimum absolute atomic E-state index is 0.0472. The molecule has 0 aliphatic carbocycles. The van der Waals surface area contributed by atoms with E-state index in [1.165, 1.54) is 23.9 Å². The van der Waals surface area contributed by atoms with Crippen molar-refractivity contribution in [2.24, 2.45) is 0 Å². The van der Waals surface area contributed by atoms with Crippen LogP contribution in [0, 0.1) is 12.7 Å². The quantitative estimate of drug-likeness (QED) is 0.349. The zero-order valence-corrected chi connectivity index (χ0v) is 19.3. The highest BCUT2D eigenvalue weighted by Gasteiger charge is 2.20. The molecule has 1 amide bonds. The van der Waals surface area contributed by atoms with E-state index >= 15 is 0 Å². The molecule has 0 fully saturated rings. The van der Waals surface area contributed by atoms with Gasteiger partial charge in [0.05, 0.1) is 11.4 Å². The number of para-hydroxylation sites is 1. The zero-order chi connectivity index (χ0) is 23.2. The Morgan fingerprint density at radius 2 is 1.94 bits per heavy atom. The third kappa shape index (κ3) is 5.28. The van der Waals surface area contributed by atoms with Crippen molar-refractivity contribution in [2.45, 2.75) is 25.5 Å². The van der Waals surface area contributed by atoms with Gasteiger partial charge in [0.25, 0.3) is 0 Å². The van der Waals surface area contributed by atoms with Gasteiger partial charge >= 0.3 is 0 Å². The number of aryl methyl sites for hydroxylation is 1. The number of halogens is 1. The van der Waals surface area contributed by atoms with Crippen molar-refractivity contribution in [3.8, 4) is 17.1 Å². The summed E-state index contributed by atoms with van der Waals surface area (Å²) in [5, 5.41) is 9.42. The van der Waals surface area contributed by atoms with Crippen molar-refractivity contribution in [3.63, 3.8) is 0 Å². The number of amides is 1. The molecule has 4 rings (SSSR count). The molecule has 0 unspecified atom stereocenters. The van der Waals surface area contributed by atoms with Gasteiger partial charge in [-0.1, -0.05) is 42.1 Å². The average Bonchev–Trinajstić information content (AvgIpc) is 3.25. The van der Waals surface area contributed by atoms with Crippen LogP contribution in [-0.2, 0) is 11.3 Å². The Bertz CT molecular complexity index is 1240. The first kappa shape index (κ1) is 22.7. The van der Waals surface area contributed by atoms with Crippen molar-refractivity contribution in [2.75, 3.05) is 12.3 Å². The first-order chi connectivity index (χ1) is 16.1. The van der Waals surface area contributed by atoms with Gasteiger partial charge in [-0.15, -0.1) is 10.2 Å². The molecule has 0 aliphatic heterocycles. The molecule has 0 saturated heterocycles. The molecule has 0 radical (unpaired) electrons. The molecular formula is C25H24FN5OS. The fraction of sp³-hybridized carbons (Fsp3) is 0.200. The third-order valence-corrected chi connectivity index (χ3v) is 6.14. The zero-order valence-electron chi connectivity index (χ0n) is 18.5. The van der Waals surface area contributed by atoms with Gasteiger partial charge in [0.2, 0.25) is 5.91 Å². The summed E-state index contributed by atoms with van der Waals surface area (Å²) >= 11 is 1.34. The Labute approximate surface area is 196 Å².